The molecular weight excluding hydrogens is 1250 g/mol. The van der Waals surface area contributed by atoms with E-state index in [1.165, 1.54) is 87.3 Å². The summed E-state index contributed by atoms with van der Waals surface area (Å²) in [6, 6.07) is 108. The van der Waals surface area contributed by atoms with Gasteiger partial charge < -0.3 is 23.0 Å². The van der Waals surface area contributed by atoms with Crippen LogP contribution >= 0.6 is 0 Å². The molecule has 0 saturated heterocycles. The zero-order chi connectivity index (χ0) is 54.3. The van der Waals surface area contributed by atoms with Crippen LogP contribution in [0.5, 0.6) is 0 Å². The molecule has 13 aromatic carbocycles. The van der Waals surface area contributed by atoms with E-state index in [9.17, 15) is 0 Å². The molecule has 0 bridgehead atoms. The summed E-state index contributed by atoms with van der Waals surface area (Å²) in [7, 11) is 0. The minimum Gasteiger partial charge on any atom is -0.454 e. The number of benzene rings is 13. The molecule has 5 heterocycles. The molecule has 0 atom stereocenters. The van der Waals surface area contributed by atoms with E-state index < -0.39 is 0 Å². The second kappa shape index (κ2) is 19.0. The minimum atomic E-state index is 0. The SMILES string of the molecule is [U+2].[c-]1ccccc1-c1[c-]c(N(c2cccc(-c3ccccc3)c2)c2ccc3c(c2)c2cccc4c5cc6c(cc5n3c24)c2cccc3c4cc(N(c5cccc(-c7ccccc7)c5)c5cccc7c5oc5ccccc57)ccc4n6c32)ccc1. The number of anilines is 6. The molecule has 0 radical (unpaired) electrons. The summed E-state index contributed by atoms with van der Waals surface area (Å²) < 4.78 is 11.8. The molecule has 0 aliphatic heterocycles. The maximum atomic E-state index is 6.78. The summed E-state index contributed by atoms with van der Waals surface area (Å²) in [6.45, 7) is 0. The van der Waals surface area contributed by atoms with Gasteiger partial charge in [-0.2, -0.15) is 42.5 Å². The predicted molar refractivity (Wildman–Crippen MR) is 346 cm³/mol. The van der Waals surface area contributed by atoms with Gasteiger partial charge in [0.1, 0.15) is 5.58 Å². The molecule has 84 heavy (non-hydrogen) atoms. The molecule has 18 aromatic rings. The normalized spacial score (nSPS) is 12.0. The van der Waals surface area contributed by atoms with E-state index in [1.807, 2.05) is 18.2 Å². The first-order valence-electron chi connectivity index (χ1n) is 28.3. The van der Waals surface area contributed by atoms with Gasteiger partial charge in [0, 0.05) is 76.6 Å². The Bertz CT molecular complexity index is 5510. The number of fused-ring (bicyclic) bond motifs is 15. The largest absolute Gasteiger partial charge is 2.00 e. The van der Waals surface area contributed by atoms with Crippen molar-refractivity contribution in [1.29, 1.82) is 0 Å². The third-order valence-corrected chi connectivity index (χ3v) is 17.3. The molecule has 0 unspecified atom stereocenters. The Morgan fingerprint density at radius 2 is 0.774 bits per heavy atom. The van der Waals surface area contributed by atoms with Crippen molar-refractivity contribution in [2.75, 3.05) is 9.80 Å². The van der Waals surface area contributed by atoms with Gasteiger partial charge >= 0.3 is 31.1 Å². The second-order valence-corrected chi connectivity index (χ2v) is 21.8. The zero-order valence-corrected chi connectivity index (χ0v) is 49.4. The first-order valence-corrected chi connectivity index (χ1v) is 28.3. The van der Waals surface area contributed by atoms with E-state index in [4.69, 9.17) is 4.42 Å². The van der Waals surface area contributed by atoms with Crippen LogP contribution in [-0.4, -0.2) is 8.80 Å². The average Bonchev–Trinajstić information content (AvgIpc) is 1.65. The summed E-state index contributed by atoms with van der Waals surface area (Å²) >= 11 is 0. The van der Waals surface area contributed by atoms with Crippen LogP contribution < -0.4 is 9.80 Å². The Morgan fingerprint density at radius 1 is 0.310 bits per heavy atom. The number of nitrogens with zero attached hydrogens (tertiary/aromatic N) is 4. The predicted octanol–water partition coefficient (Wildman–Crippen LogP) is 21.4. The smallest absolute Gasteiger partial charge is 0.454 e. The van der Waals surface area contributed by atoms with Gasteiger partial charge in [-0.15, -0.1) is 12.1 Å². The van der Waals surface area contributed by atoms with Crippen molar-refractivity contribution >= 4 is 132 Å². The minimum absolute atomic E-state index is 0. The molecule has 0 aliphatic rings. The summed E-state index contributed by atoms with van der Waals surface area (Å²) in [5.41, 5.74) is 21.8. The van der Waals surface area contributed by atoms with Crippen LogP contribution in [-0.2, 0) is 0 Å². The molecule has 18 rings (SSSR count). The van der Waals surface area contributed by atoms with E-state index in [0.29, 0.717) is 0 Å². The fourth-order valence-electron chi connectivity index (χ4n) is 13.7. The Hall–Kier alpha value is -10.1. The maximum Gasteiger partial charge on any atom is 2.00 e. The van der Waals surface area contributed by atoms with E-state index in [2.05, 4.69) is 292 Å². The standard InChI is InChI=1S/C78H46N4O.U/c1-4-18-49(19-5-1)52-24-12-27-55(42-52)79(56-28-13-25-53(43-56)50-20-6-2-7-21-50)58-38-40-70-66(45-58)61-31-15-33-63-68-48-74-69(47-73(68)81(70)76(61)63)64-34-16-32-62-67-46-59(39-41-71(67)82(74)77(62)64)80(57-29-14-26-54(44-57)51-22-8-3-9-23-51)72-36-17-35-65-60-30-10-11-37-75(60)83-78(65)72;/h1-20,22-42,44-48H;/q-2;+2. The number of furan rings is 1. The molecule has 0 fully saturated rings. The number of para-hydroxylation sites is 4. The van der Waals surface area contributed by atoms with Crippen LogP contribution in [0, 0.1) is 43.2 Å². The van der Waals surface area contributed by atoms with Gasteiger partial charge in [-0.05, 0) is 113 Å². The number of rotatable bonds is 9. The molecule has 5 nitrogen and oxygen atoms in total. The summed E-state index contributed by atoms with van der Waals surface area (Å²) in [6.07, 6.45) is 0. The van der Waals surface area contributed by atoms with Crippen LogP contribution in [0.3, 0.4) is 0 Å². The Kier molecular flexibility index (Phi) is 11.0. The first kappa shape index (κ1) is 48.6. The van der Waals surface area contributed by atoms with Gasteiger partial charge in [0.05, 0.1) is 38.8 Å². The van der Waals surface area contributed by atoms with E-state index in [1.54, 1.807) is 0 Å². The Balaban J connectivity index is 0.00000556. The van der Waals surface area contributed by atoms with Crippen molar-refractivity contribution in [2.24, 2.45) is 0 Å². The Labute approximate surface area is 507 Å². The maximum absolute atomic E-state index is 6.78. The molecule has 5 aromatic heterocycles. The van der Waals surface area contributed by atoms with Gasteiger partial charge in [-0.25, -0.2) is 11.1 Å². The van der Waals surface area contributed by atoms with E-state index in [0.717, 1.165) is 78.3 Å². The number of hydrogen-bond donors (Lipinski definition) is 0. The Morgan fingerprint density at radius 3 is 1.38 bits per heavy atom. The van der Waals surface area contributed by atoms with Crippen molar-refractivity contribution in [3.63, 3.8) is 0 Å². The van der Waals surface area contributed by atoms with Crippen molar-refractivity contribution in [1.82, 2.24) is 8.80 Å². The summed E-state index contributed by atoms with van der Waals surface area (Å²) in [5, 5.41) is 12.0. The van der Waals surface area contributed by atoms with Crippen LogP contribution in [0.2, 0.25) is 0 Å². The van der Waals surface area contributed by atoms with E-state index in [-0.39, 0.29) is 31.1 Å². The fourth-order valence-corrected chi connectivity index (χ4v) is 13.7. The van der Waals surface area contributed by atoms with Crippen molar-refractivity contribution in [3.8, 4) is 33.4 Å². The number of aromatic nitrogens is 2. The van der Waals surface area contributed by atoms with E-state index >= 15 is 0 Å². The van der Waals surface area contributed by atoms with Crippen molar-refractivity contribution < 1.29 is 35.5 Å². The zero-order valence-electron chi connectivity index (χ0n) is 45.3. The molecular formula is C78H46N4OU. The number of hydrogen-bond acceptors (Lipinski definition) is 3. The first-order chi connectivity index (χ1) is 41.2. The third-order valence-electron chi connectivity index (χ3n) is 17.3. The van der Waals surface area contributed by atoms with Gasteiger partial charge in [0.15, 0.2) is 5.58 Å². The average molecular weight is 1290 g/mol. The topological polar surface area (TPSA) is 28.4 Å². The van der Waals surface area contributed by atoms with Gasteiger partial charge in [0.2, 0.25) is 0 Å². The second-order valence-electron chi connectivity index (χ2n) is 21.8. The molecule has 0 saturated carbocycles. The molecule has 0 N–H and O–H groups in total. The molecule has 6 heteroatoms. The van der Waals surface area contributed by atoms with Gasteiger partial charge in [0.25, 0.3) is 0 Å². The molecule has 388 valence electrons. The molecule has 0 amide bonds. The monoisotopic (exact) mass is 1290 g/mol. The van der Waals surface area contributed by atoms with Gasteiger partial charge in [-0.1, -0.05) is 152 Å². The summed E-state index contributed by atoms with van der Waals surface area (Å²) in [4.78, 5) is 4.72. The van der Waals surface area contributed by atoms with Crippen LogP contribution in [0.1, 0.15) is 0 Å². The third kappa shape index (κ3) is 7.28. The van der Waals surface area contributed by atoms with Crippen LogP contribution in [0.15, 0.2) is 283 Å². The van der Waals surface area contributed by atoms with Gasteiger partial charge in [-0.3, -0.25) is 0 Å². The van der Waals surface area contributed by atoms with Crippen molar-refractivity contribution in [3.05, 3.63) is 291 Å². The quantitative estimate of drug-likeness (QED) is 0.135. The molecule has 0 spiro atoms. The summed E-state index contributed by atoms with van der Waals surface area (Å²) in [5.74, 6) is 0. The molecule has 0 aliphatic carbocycles. The fraction of sp³-hybridized carbons (Fsp3) is 0. The van der Waals surface area contributed by atoms with Crippen LogP contribution in [0.25, 0.3) is 132 Å². The van der Waals surface area contributed by atoms with Crippen LogP contribution in [0.4, 0.5) is 34.1 Å². The van der Waals surface area contributed by atoms with Crippen molar-refractivity contribution in [2.45, 2.75) is 0 Å².